The van der Waals surface area contributed by atoms with Crippen molar-refractivity contribution in [2.24, 2.45) is 0 Å². The van der Waals surface area contributed by atoms with Crippen molar-refractivity contribution < 1.29 is 23.9 Å². The van der Waals surface area contributed by atoms with Gasteiger partial charge in [0.1, 0.15) is 11.5 Å². The van der Waals surface area contributed by atoms with Crippen molar-refractivity contribution in [3.63, 3.8) is 0 Å². The van der Waals surface area contributed by atoms with Gasteiger partial charge in [-0.05, 0) is 25.0 Å². The van der Waals surface area contributed by atoms with E-state index < -0.39 is 7.12 Å². The smallest absolute Gasteiger partial charge is 0.525 e. The van der Waals surface area contributed by atoms with Gasteiger partial charge >= 0.3 is 7.12 Å². The van der Waals surface area contributed by atoms with Crippen molar-refractivity contribution in [1.29, 1.82) is 0 Å². The molecule has 1 aliphatic rings. The molecule has 6 heteroatoms. The summed E-state index contributed by atoms with van der Waals surface area (Å²) in [5.74, 6) is 1.72. The molecule has 1 atom stereocenters. The average Bonchev–Trinajstić information content (AvgIpc) is 2.42. The van der Waals surface area contributed by atoms with E-state index in [1.54, 1.807) is 7.11 Å². The summed E-state index contributed by atoms with van der Waals surface area (Å²) in [4.78, 5) is 8.95. The largest absolute Gasteiger partial charge is 0.535 e. The lowest BCUT2D eigenvalue weighted by Crippen LogP contribution is -2.32. The molecule has 1 heterocycles. The number of carbonyl (C=O) groups is 1. The SMILES string of the molecule is COC=O.COc1ccc2c(c1C)OB(O)C(C)C2. The molecule has 0 spiro atoms. The second-order valence-electron chi connectivity index (χ2n) is 4.40. The van der Waals surface area contributed by atoms with Crippen LogP contribution < -0.4 is 9.39 Å². The van der Waals surface area contributed by atoms with Crippen LogP contribution in [0.15, 0.2) is 12.1 Å². The Labute approximate surface area is 113 Å². The van der Waals surface area contributed by atoms with Crippen LogP contribution in [0, 0.1) is 6.92 Å². The number of benzene rings is 1. The van der Waals surface area contributed by atoms with Crippen LogP contribution in [0.2, 0.25) is 5.82 Å². The van der Waals surface area contributed by atoms with Crippen LogP contribution in [-0.4, -0.2) is 32.8 Å². The first-order valence-corrected chi connectivity index (χ1v) is 6.02. The maximum absolute atomic E-state index is 9.65. The van der Waals surface area contributed by atoms with Crippen molar-refractivity contribution in [3.05, 3.63) is 23.3 Å². The number of ether oxygens (including phenoxy) is 2. The highest BCUT2D eigenvalue weighted by molar-refractivity contribution is 6.46. The molecule has 0 saturated carbocycles. The number of hydrogen-bond acceptors (Lipinski definition) is 5. The van der Waals surface area contributed by atoms with Crippen LogP contribution in [-0.2, 0) is 16.0 Å². The molecule has 1 N–H and O–H groups in total. The summed E-state index contributed by atoms with van der Waals surface area (Å²) in [5, 5.41) is 9.65. The summed E-state index contributed by atoms with van der Waals surface area (Å²) in [5.41, 5.74) is 2.10. The molecule has 1 aromatic carbocycles. The zero-order valence-electron chi connectivity index (χ0n) is 11.7. The van der Waals surface area contributed by atoms with Crippen LogP contribution in [0.5, 0.6) is 11.5 Å². The lowest BCUT2D eigenvalue weighted by Gasteiger charge is -2.26. The predicted octanol–water partition coefficient (Wildman–Crippen LogP) is 1.60. The maximum atomic E-state index is 9.65. The molecule has 104 valence electrons. The van der Waals surface area contributed by atoms with E-state index in [9.17, 15) is 5.02 Å². The average molecular weight is 266 g/mol. The molecule has 1 aromatic rings. The van der Waals surface area contributed by atoms with Crippen molar-refractivity contribution in [2.45, 2.75) is 26.1 Å². The Morgan fingerprint density at radius 3 is 2.63 bits per heavy atom. The Balaban J connectivity index is 0.000000399. The minimum Gasteiger partial charge on any atom is -0.535 e. The number of hydrogen-bond donors (Lipinski definition) is 1. The lowest BCUT2D eigenvalue weighted by atomic mass is 9.68. The highest BCUT2D eigenvalue weighted by atomic mass is 16.5. The van der Waals surface area contributed by atoms with Gasteiger partial charge in [0, 0.05) is 11.4 Å². The van der Waals surface area contributed by atoms with Crippen molar-refractivity contribution in [1.82, 2.24) is 0 Å². The molecule has 5 nitrogen and oxygen atoms in total. The Bertz CT molecular complexity index is 435. The van der Waals surface area contributed by atoms with Gasteiger partial charge in [0.25, 0.3) is 6.47 Å². The van der Waals surface area contributed by atoms with E-state index in [-0.39, 0.29) is 5.82 Å². The molecule has 0 aromatic heterocycles. The standard InChI is InChI=1S/C11H15BO3.C2H4O2/c1-7-6-9-4-5-10(14-3)8(2)11(9)15-12(7)13;1-4-2-3/h4-5,7,13H,6H2,1-3H3;2H,1H3. The van der Waals surface area contributed by atoms with E-state index in [2.05, 4.69) is 4.74 Å². The third-order valence-electron chi connectivity index (χ3n) is 3.02. The molecular formula is C13H19BO5. The Morgan fingerprint density at radius 1 is 1.47 bits per heavy atom. The second kappa shape index (κ2) is 7.04. The molecule has 19 heavy (non-hydrogen) atoms. The predicted molar refractivity (Wildman–Crippen MR) is 72.5 cm³/mol. The fourth-order valence-electron chi connectivity index (χ4n) is 1.96. The Hall–Kier alpha value is -1.69. The number of rotatable bonds is 2. The fraction of sp³-hybridized carbons (Fsp3) is 0.462. The molecule has 2 rings (SSSR count). The normalized spacial score (nSPS) is 16.5. The summed E-state index contributed by atoms with van der Waals surface area (Å²) < 4.78 is 14.6. The summed E-state index contributed by atoms with van der Waals surface area (Å²) in [7, 11) is 2.24. The first kappa shape index (κ1) is 15.4. The van der Waals surface area contributed by atoms with Gasteiger partial charge in [-0.1, -0.05) is 13.0 Å². The van der Waals surface area contributed by atoms with Gasteiger partial charge < -0.3 is 19.2 Å². The Kier molecular flexibility index (Phi) is 5.70. The van der Waals surface area contributed by atoms with Crippen LogP contribution in [0.3, 0.4) is 0 Å². The van der Waals surface area contributed by atoms with Crippen molar-refractivity contribution in [2.75, 3.05) is 14.2 Å². The maximum Gasteiger partial charge on any atom is 0.525 e. The van der Waals surface area contributed by atoms with Gasteiger partial charge in [0.05, 0.1) is 14.2 Å². The summed E-state index contributed by atoms with van der Waals surface area (Å²) in [6, 6.07) is 3.95. The Morgan fingerprint density at radius 2 is 2.11 bits per heavy atom. The van der Waals surface area contributed by atoms with Gasteiger partial charge in [0.2, 0.25) is 0 Å². The summed E-state index contributed by atoms with van der Waals surface area (Å²) in [6.45, 7) is 4.30. The molecule has 0 fully saturated rings. The molecule has 0 radical (unpaired) electrons. The summed E-state index contributed by atoms with van der Waals surface area (Å²) >= 11 is 0. The van der Waals surface area contributed by atoms with E-state index >= 15 is 0 Å². The topological polar surface area (TPSA) is 65.0 Å². The first-order chi connectivity index (χ1) is 9.04. The zero-order valence-corrected chi connectivity index (χ0v) is 11.7. The van der Waals surface area contributed by atoms with E-state index in [0.717, 1.165) is 29.0 Å². The van der Waals surface area contributed by atoms with Gasteiger partial charge in [0.15, 0.2) is 0 Å². The summed E-state index contributed by atoms with van der Waals surface area (Å²) in [6.07, 6.45) is 0.849. The van der Waals surface area contributed by atoms with Crippen molar-refractivity contribution >= 4 is 13.6 Å². The van der Waals surface area contributed by atoms with E-state index in [1.807, 2.05) is 26.0 Å². The van der Waals surface area contributed by atoms with Crippen LogP contribution in [0.1, 0.15) is 18.1 Å². The fourth-order valence-corrected chi connectivity index (χ4v) is 1.96. The lowest BCUT2D eigenvalue weighted by molar-refractivity contribution is -0.126. The minimum atomic E-state index is -0.705. The van der Waals surface area contributed by atoms with Gasteiger partial charge in [-0.2, -0.15) is 0 Å². The highest BCUT2D eigenvalue weighted by Crippen LogP contribution is 2.37. The second-order valence-corrected chi connectivity index (χ2v) is 4.40. The van der Waals surface area contributed by atoms with Crippen LogP contribution in [0.25, 0.3) is 0 Å². The van der Waals surface area contributed by atoms with E-state index in [4.69, 9.17) is 14.2 Å². The van der Waals surface area contributed by atoms with E-state index in [1.165, 1.54) is 7.11 Å². The molecule has 0 aliphatic carbocycles. The third kappa shape index (κ3) is 3.64. The molecular weight excluding hydrogens is 247 g/mol. The quantitative estimate of drug-likeness (QED) is 0.650. The van der Waals surface area contributed by atoms with Crippen LogP contribution >= 0.6 is 0 Å². The molecule has 1 aliphatic heterocycles. The zero-order chi connectivity index (χ0) is 14.4. The monoisotopic (exact) mass is 266 g/mol. The van der Waals surface area contributed by atoms with Crippen LogP contribution in [0.4, 0.5) is 0 Å². The van der Waals surface area contributed by atoms with Gasteiger partial charge in [-0.15, -0.1) is 0 Å². The molecule has 0 amide bonds. The number of fused-ring (bicyclic) bond motifs is 1. The third-order valence-corrected chi connectivity index (χ3v) is 3.02. The molecule has 1 unspecified atom stereocenters. The molecule has 0 saturated heterocycles. The van der Waals surface area contributed by atoms with Gasteiger partial charge in [-0.25, -0.2) is 0 Å². The van der Waals surface area contributed by atoms with Crippen molar-refractivity contribution in [3.8, 4) is 11.5 Å². The highest BCUT2D eigenvalue weighted by Gasteiger charge is 2.32. The number of methoxy groups -OCH3 is 2. The van der Waals surface area contributed by atoms with Gasteiger partial charge in [-0.3, -0.25) is 4.79 Å². The minimum absolute atomic E-state index is 0.144. The number of carbonyl (C=O) groups excluding carboxylic acids is 1. The van der Waals surface area contributed by atoms with E-state index in [0.29, 0.717) is 6.47 Å². The first-order valence-electron chi connectivity index (χ1n) is 6.02. The molecule has 0 bridgehead atoms.